The minimum Gasteiger partial charge on any atom is -0.481 e. The molecule has 0 bridgehead atoms. The van der Waals surface area contributed by atoms with Crippen molar-refractivity contribution in [3.63, 3.8) is 0 Å². The lowest BCUT2D eigenvalue weighted by atomic mass is 10.0. The van der Waals surface area contributed by atoms with Crippen LogP contribution in [0.25, 0.3) is 0 Å². The van der Waals surface area contributed by atoms with Crippen LogP contribution in [-0.2, 0) is 4.79 Å². The van der Waals surface area contributed by atoms with Crippen LogP contribution in [0.5, 0.6) is 0 Å². The number of rotatable bonds is 5. The number of carboxylic acid groups (broad SMARTS) is 1. The van der Waals surface area contributed by atoms with Crippen LogP contribution in [-0.4, -0.2) is 32.7 Å². The fourth-order valence-electron chi connectivity index (χ4n) is 2.86. The molecule has 0 unspecified atom stereocenters. The molecular weight excluding hydrogens is 328 g/mol. The Kier molecular flexibility index (Phi) is 4.02. The number of imide groups is 1. The molecule has 0 spiro atoms. The normalized spacial score (nSPS) is 14.3. The predicted molar refractivity (Wildman–Crippen MR) is 85.0 cm³/mol. The monoisotopic (exact) mass is 340 g/mol. The van der Waals surface area contributed by atoms with E-state index in [2.05, 4.69) is 0 Å². The van der Waals surface area contributed by atoms with E-state index in [9.17, 15) is 29.6 Å². The van der Waals surface area contributed by atoms with Crippen molar-refractivity contribution in [1.82, 2.24) is 4.90 Å². The van der Waals surface area contributed by atoms with Crippen LogP contribution in [0.4, 0.5) is 5.69 Å². The van der Waals surface area contributed by atoms with Crippen molar-refractivity contribution in [3.8, 4) is 0 Å². The van der Waals surface area contributed by atoms with Crippen molar-refractivity contribution < 1.29 is 24.4 Å². The van der Waals surface area contributed by atoms with Gasteiger partial charge in [-0.2, -0.15) is 0 Å². The van der Waals surface area contributed by atoms with Crippen LogP contribution in [0.1, 0.15) is 38.7 Å². The van der Waals surface area contributed by atoms with E-state index >= 15 is 0 Å². The zero-order valence-corrected chi connectivity index (χ0v) is 12.8. The molecule has 0 saturated carbocycles. The Balaban J connectivity index is 2.07. The third kappa shape index (κ3) is 2.85. The maximum absolute atomic E-state index is 12.6. The van der Waals surface area contributed by atoms with Crippen LogP contribution in [0.3, 0.4) is 0 Å². The molecule has 1 heterocycles. The highest BCUT2D eigenvalue weighted by Crippen LogP contribution is 2.34. The number of aliphatic carboxylic acids is 1. The van der Waals surface area contributed by atoms with Gasteiger partial charge in [0.2, 0.25) is 0 Å². The van der Waals surface area contributed by atoms with E-state index in [1.165, 1.54) is 36.4 Å². The minimum atomic E-state index is -1.23. The third-order valence-corrected chi connectivity index (χ3v) is 3.97. The number of hydrogen-bond acceptors (Lipinski definition) is 5. The SMILES string of the molecule is O=C(O)C[C@@H](c1cccc([N+](=O)[O-])c1)N1C(=O)c2ccccc2C1=O. The summed E-state index contributed by atoms with van der Waals surface area (Å²) in [5.74, 6) is -2.45. The molecule has 2 aromatic rings. The summed E-state index contributed by atoms with van der Waals surface area (Å²) in [5.41, 5.74) is 0.345. The van der Waals surface area contributed by atoms with Crippen LogP contribution >= 0.6 is 0 Å². The standard InChI is InChI=1S/C17H12N2O6/c20-15(21)9-14(10-4-3-5-11(8-10)19(24)25)18-16(22)12-6-1-2-7-13(12)17(18)23/h1-8,14H,9H2,(H,20,21)/t14-/m0/s1. The van der Waals surface area contributed by atoms with Gasteiger partial charge in [-0.25, -0.2) is 0 Å². The molecule has 0 fully saturated rings. The van der Waals surface area contributed by atoms with Gasteiger partial charge in [-0.05, 0) is 17.7 Å². The summed E-state index contributed by atoms with van der Waals surface area (Å²) in [4.78, 5) is 47.7. The molecular formula is C17H12N2O6. The Morgan fingerprint density at radius 1 is 1.08 bits per heavy atom. The van der Waals surface area contributed by atoms with E-state index in [-0.39, 0.29) is 22.4 Å². The predicted octanol–water partition coefficient (Wildman–Crippen LogP) is 2.41. The molecule has 1 atom stereocenters. The molecule has 8 nitrogen and oxygen atoms in total. The summed E-state index contributed by atoms with van der Waals surface area (Å²) >= 11 is 0. The van der Waals surface area contributed by atoms with Crippen molar-refractivity contribution in [1.29, 1.82) is 0 Å². The first-order chi connectivity index (χ1) is 11.9. The van der Waals surface area contributed by atoms with Crippen LogP contribution in [0.2, 0.25) is 0 Å². The largest absolute Gasteiger partial charge is 0.481 e. The van der Waals surface area contributed by atoms with Gasteiger partial charge in [-0.15, -0.1) is 0 Å². The average Bonchev–Trinajstić information content (AvgIpc) is 2.84. The molecule has 1 N–H and O–H groups in total. The number of nitrogens with zero attached hydrogens (tertiary/aromatic N) is 2. The molecule has 3 rings (SSSR count). The first kappa shape index (κ1) is 16.3. The highest BCUT2D eigenvalue weighted by Gasteiger charge is 2.41. The number of hydrogen-bond donors (Lipinski definition) is 1. The average molecular weight is 340 g/mol. The smallest absolute Gasteiger partial charge is 0.305 e. The second kappa shape index (κ2) is 6.16. The summed E-state index contributed by atoms with van der Waals surface area (Å²) in [6, 6.07) is 10.3. The van der Waals surface area contributed by atoms with Gasteiger partial charge >= 0.3 is 5.97 Å². The summed E-state index contributed by atoms with van der Waals surface area (Å²) in [7, 11) is 0. The Bertz CT molecular complexity index is 873. The van der Waals surface area contributed by atoms with Gasteiger partial charge in [-0.1, -0.05) is 24.3 Å². The minimum absolute atomic E-state index is 0.188. The zero-order chi connectivity index (χ0) is 18.1. The lowest BCUT2D eigenvalue weighted by molar-refractivity contribution is -0.385. The van der Waals surface area contributed by atoms with Crippen molar-refractivity contribution in [2.75, 3.05) is 0 Å². The lowest BCUT2D eigenvalue weighted by Crippen LogP contribution is -2.35. The van der Waals surface area contributed by atoms with E-state index in [1.807, 2.05) is 0 Å². The number of carbonyl (C=O) groups is 3. The fraction of sp³-hybridized carbons (Fsp3) is 0.118. The molecule has 0 aromatic heterocycles. The van der Waals surface area contributed by atoms with Gasteiger partial charge in [0.15, 0.2) is 0 Å². The summed E-state index contributed by atoms with van der Waals surface area (Å²) in [6.45, 7) is 0. The number of amides is 2. The molecule has 1 aliphatic heterocycles. The van der Waals surface area contributed by atoms with Gasteiger partial charge in [-0.3, -0.25) is 29.4 Å². The highest BCUT2D eigenvalue weighted by atomic mass is 16.6. The second-order valence-electron chi connectivity index (χ2n) is 5.49. The Hall–Kier alpha value is -3.55. The molecule has 0 aliphatic carbocycles. The molecule has 0 radical (unpaired) electrons. The van der Waals surface area contributed by atoms with Gasteiger partial charge in [0.1, 0.15) is 0 Å². The summed E-state index contributed by atoms with van der Waals surface area (Å²) in [6.07, 6.45) is -0.549. The van der Waals surface area contributed by atoms with E-state index in [1.54, 1.807) is 12.1 Å². The van der Waals surface area contributed by atoms with Crippen molar-refractivity contribution >= 4 is 23.5 Å². The number of carboxylic acids is 1. The number of fused-ring (bicyclic) bond motifs is 1. The van der Waals surface area contributed by atoms with Gasteiger partial charge in [0, 0.05) is 12.1 Å². The molecule has 0 saturated heterocycles. The van der Waals surface area contributed by atoms with E-state index < -0.39 is 35.2 Å². The summed E-state index contributed by atoms with van der Waals surface area (Å²) < 4.78 is 0. The lowest BCUT2D eigenvalue weighted by Gasteiger charge is -2.25. The molecule has 8 heteroatoms. The zero-order valence-electron chi connectivity index (χ0n) is 12.8. The number of carbonyl (C=O) groups excluding carboxylic acids is 2. The second-order valence-corrected chi connectivity index (χ2v) is 5.49. The first-order valence-corrected chi connectivity index (χ1v) is 7.33. The fourth-order valence-corrected chi connectivity index (χ4v) is 2.86. The molecule has 2 aromatic carbocycles. The van der Waals surface area contributed by atoms with Crippen molar-refractivity contribution in [3.05, 3.63) is 75.3 Å². The number of nitro benzene ring substituents is 1. The quantitative estimate of drug-likeness (QED) is 0.507. The van der Waals surface area contributed by atoms with Crippen molar-refractivity contribution in [2.24, 2.45) is 0 Å². The molecule has 25 heavy (non-hydrogen) atoms. The Labute approximate surface area is 141 Å². The van der Waals surface area contributed by atoms with E-state index in [4.69, 9.17) is 0 Å². The van der Waals surface area contributed by atoms with E-state index in [0.29, 0.717) is 0 Å². The first-order valence-electron chi connectivity index (χ1n) is 7.33. The Morgan fingerprint density at radius 2 is 1.68 bits per heavy atom. The number of nitro groups is 1. The maximum atomic E-state index is 12.6. The number of benzene rings is 2. The van der Waals surface area contributed by atoms with Crippen LogP contribution in [0, 0.1) is 10.1 Å². The maximum Gasteiger partial charge on any atom is 0.305 e. The van der Waals surface area contributed by atoms with Crippen LogP contribution < -0.4 is 0 Å². The van der Waals surface area contributed by atoms with E-state index in [0.717, 1.165) is 4.90 Å². The Morgan fingerprint density at radius 3 is 2.20 bits per heavy atom. The van der Waals surface area contributed by atoms with Gasteiger partial charge in [0.05, 0.1) is 28.5 Å². The topological polar surface area (TPSA) is 118 Å². The van der Waals surface area contributed by atoms with Gasteiger partial charge < -0.3 is 5.11 Å². The molecule has 2 amide bonds. The molecule has 1 aliphatic rings. The van der Waals surface area contributed by atoms with Crippen LogP contribution in [0.15, 0.2) is 48.5 Å². The van der Waals surface area contributed by atoms with Crippen molar-refractivity contribution in [2.45, 2.75) is 12.5 Å². The van der Waals surface area contributed by atoms with Gasteiger partial charge in [0.25, 0.3) is 17.5 Å². The summed E-state index contributed by atoms with van der Waals surface area (Å²) in [5, 5.41) is 20.2. The highest BCUT2D eigenvalue weighted by molar-refractivity contribution is 6.21. The third-order valence-electron chi connectivity index (χ3n) is 3.97. The molecule has 126 valence electrons. The number of non-ortho nitro benzene ring substituents is 1.